The molecule has 0 fully saturated rings. The summed E-state index contributed by atoms with van der Waals surface area (Å²) in [4.78, 5) is 30.5. The van der Waals surface area contributed by atoms with Gasteiger partial charge in [0.05, 0.1) is 16.3 Å². The summed E-state index contributed by atoms with van der Waals surface area (Å²) in [6, 6.07) is 16.1. The van der Waals surface area contributed by atoms with Crippen molar-refractivity contribution in [3.8, 4) is 0 Å². The zero-order valence-corrected chi connectivity index (χ0v) is 18.0. The molecule has 3 aromatic rings. The zero-order valence-electron chi connectivity index (χ0n) is 16.3. The lowest BCUT2D eigenvalue weighted by atomic mass is 10.3. The van der Waals surface area contributed by atoms with E-state index in [1.54, 1.807) is 49.4 Å². The van der Waals surface area contributed by atoms with Crippen LogP contribution in [0.15, 0.2) is 75.5 Å². The molecule has 3 rings (SSSR count). The van der Waals surface area contributed by atoms with Gasteiger partial charge in [-0.1, -0.05) is 36.0 Å². The van der Waals surface area contributed by atoms with Gasteiger partial charge in [0.2, 0.25) is 5.91 Å². The monoisotopic (exact) mass is 444 g/mol. The first kappa shape index (κ1) is 21.6. The fourth-order valence-electron chi connectivity index (χ4n) is 2.62. The lowest BCUT2D eigenvalue weighted by Gasteiger charge is -2.19. The van der Waals surface area contributed by atoms with Crippen LogP contribution in [0.25, 0.3) is 0 Å². The van der Waals surface area contributed by atoms with Gasteiger partial charge in [-0.25, -0.2) is 13.4 Å². The maximum Gasteiger partial charge on any atom is 0.264 e. The molecule has 0 radical (unpaired) electrons. The molecule has 0 atom stereocenters. The Balaban J connectivity index is 1.70. The third-order valence-electron chi connectivity index (χ3n) is 4.08. The Hall–Kier alpha value is -3.11. The number of aryl methyl sites for hydroxylation is 1. The summed E-state index contributed by atoms with van der Waals surface area (Å²) >= 11 is 1.08. The highest BCUT2D eigenvalue weighted by Gasteiger charge is 2.21. The minimum absolute atomic E-state index is 0.00723. The maximum atomic E-state index is 12.9. The molecule has 1 aromatic heterocycles. The first-order valence-corrected chi connectivity index (χ1v) is 11.3. The number of hydrogen-bond donors (Lipinski definition) is 2. The Labute approximate surface area is 178 Å². The number of anilines is 2. The largest absolute Gasteiger partial charge is 0.325 e. The van der Waals surface area contributed by atoms with Crippen molar-refractivity contribution in [3.63, 3.8) is 0 Å². The molecule has 2 N–H and O–H groups in total. The van der Waals surface area contributed by atoms with Gasteiger partial charge in [-0.3, -0.25) is 13.9 Å². The minimum Gasteiger partial charge on any atom is -0.325 e. The molecule has 0 aliphatic carbocycles. The second kappa shape index (κ2) is 9.14. The molecule has 0 unspecified atom stereocenters. The number of thioether (sulfide) groups is 1. The summed E-state index contributed by atoms with van der Waals surface area (Å²) in [5.41, 5.74) is 1.16. The van der Waals surface area contributed by atoms with Crippen LogP contribution in [0.3, 0.4) is 0 Å². The molecule has 10 heteroatoms. The van der Waals surface area contributed by atoms with Crippen LogP contribution in [0, 0.1) is 6.92 Å². The van der Waals surface area contributed by atoms with Crippen molar-refractivity contribution in [2.75, 3.05) is 22.4 Å². The van der Waals surface area contributed by atoms with Crippen molar-refractivity contribution in [2.24, 2.45) is 0 Å². The van der Waals surface area contributed by atoms with Gasteiger partial charge in [0.1, 0.15) is 0 Å². The number of amides is 1. The van der Waals surface area contributed by atoms with Crippen LogP contribution < -0.4 is 15.2 Å². The first-order valence-electron chi connectivity index (χ1n) is 8.90. The highest BCUT2D eigenvalue weighted by molar-refractivity contribution is 7.99. The van der Waals surface area contributed by atoms with E-state index < -0.39 is 10.0 Å². The van der Waals surface area contributed by atoms with Crippen LogP contribution in [-0.4, -0.2) is 37.1 Å². The number of carbonyl (C=O) groups excluding carboxylic acids is 1. The van der Waals surface area contributed by atoms with E-state index >= 15 is 0 Å². The molecule has 0 aliphatic heterocycles. The van der Waals surface area contributed by atoms with Crippen LogP contribution in [-0.2, 0) is 14.8 Å². The maximum absolute atomic E-state index is 12.9. The summed E-state index contributed by atoms with van der Waals surface area (Å²) < 4.78 is 27.0. The fraction of sp³-hybridized carbons (Fsp3) is 0.150. The van der Waals surface area contributed by atoms with Crippen molar-refractivity contribution >= 4 is 39.1 Å². The molecule has 156 valence electrons. The number of nitrogens with zero attached hydrogens (tertiary/aromatic N) is 2. The fourth-order valence-corrected chi connectivity index (χ4v) is 4.58. The molecule has 1 amide bonds. The summed E-state index contributed by atoms with van der Waals surface area (Å²) in [7, 11) is -2.31. The molecular formula is C20H20N4O4S2. The molecule has 0 bridgehead atoms. The standard InChI is InChI=1S/C20H20N4O4S2/c1-14-11-18(25)23-20(21-14)29-13-19(26)22-15-7-6-10-17(12-15)30(27,28)24(2)16-8-4-3-5-9-16/h3-12H,13H2,1-2H3,(H,22,26)(H,21,23,25). The average molecular weight is 445 g/mol. The Kier molecular flexibility index (Phi) is 6.58. The van der Waals surface area contributed by atoms with Gasteiger partial charge < -0.3 is 10.3 Å². The number of sulfonamides is 1. The number of para-hydroxylation sites is 1. The third kappa shape index (κ3) is 5.28. The number of aromatic nitrogens is 2. The molecule has 8 nitrogen and oxygen atoms in total. The van der Waals surface area contributed by atoms with Crippen LogP contribution in [0.5, 0.6) is 0 Å². The predicted molar refractivity (Wildman–Crippen MR) is 117 cm³/mol. The normalized spacial score (nSPS) is 11.1. The number of benzene rings is 2. The Morgan fingerprint density at radius 3 is 2.57 bits per heavy atom. The van der Waals surface area contributed by atoms with Crippen LogP contribution in [0.2, 0.25) is 0 Å². The van der Waals surface area contributed by atoms with Crippen LogP contribution in [0.4, 0.5) is 11.4 Å². The highest BCUT2D eigenvalue weighted by Crippen LogP contribution is 2.24. The van der Waals surface area contributed by atoms with Crippen LogP contribution >= 0.6 is 11.8 Å². The van der Waals surface area contributed by atoms with E-state index in [0.29, 0.717) is 22.2 Å². The number of nitrogens with one attached hydrogen (secondary N) is 2. The van der Waals surface area contributed by atoms with Crippen LogP contribution in [0.1, 0.15) is 5.69 Å². The molecule has 1 heterocycles. The number of H-pyrrole nitrogens is 1. The molecular weight excluding hydrogens is 424 g/mol. The summed E-state index contributed by atoms with van der Waals surface area (Å²) in [6.45, 7) is 1.69. The lowest BCUT2D eigenvalue weighted by molar-refractivity contribution is -0.113. The van der Waals surface area contributed by atoms with Crippen molar-refractivity contribution in [3.05, 3.63) is 76.7 Å². The minimum atomic E-state index is -3.79. The topological polar surface area (TPSA) is 112 Å². The van der Waals surface area contributed by atoms with Gasteiger partial charge in [-0.05, 0) is 37.3 Å². The third-order valence-corrected chi connectivity index (χ3v) is 6.74. The van der Waals surface area contributed by atoms with E-state index in [-0.39, 0.29) is 22.1 Å². The molecule has 30 heavy (non-hydrogen) atoms. The van der Waals surface area contributed by atoms with Crippen molar-refractivity contribution in [2.45, 2.75) is 17.0 Å². The van der Waals surface area contributed by atoms with E-state index in [2.05, 4.69) is 15.3 Å². The van der Waals surface area contributed by atoms with Gasteiger partial charge in [-0.2, -0.15) is 0 Å². The Morgan fingerprint density at radius 1 is 1.13 bits per heavy atom. The first-order chi connectivity index (χ1) is 14.3. The second-order valence-corrected chi connectivity index (χ2v) is 9.30. The van der Waals surface area contributed by atoms with Gasteiger partial charge in [0.25, 0.3) is 15.6 Å². The van der Waals surface area contributed by atoms with Gasteiger partial charge in [-0.15, -0.1) is 0 Å². The van der Waals surface area contributed by atoms with Crippen molar-refractivity contribution < 1.29 is 13.2 Å². The summed E-state index contributed by atoms with van der Waals surface area (Å²) in [6.07, 6.45) is 0. The van der Waals surface area contributed by atoms with E-state index in [1.165, 1.54) is 29.6 Å². The summed E-state index contributed by atoms with van der Waals surface area (Å²) in [5.74, 6) is -0.345. The van der Waals surface area contributed by atoms with E-state index in [9.17, 15) is 18.0 Å². The average Bonchev–Trinajstić information content (AvgIpc) is 2.72. The highest BCUT2D eigenvalue weighted by atomic mass is 32.2. The number of hydrogen-bond acceptors (Lipinski definition) is 6. The van der Waals surface area contributed by atoms with Crippen molar-refractivity contribution in [1.82, 2.24) is 9.97 Å². The number of carbonyl (C=O) groups is 1. The number of aromatic amines is 1. The predicted octanol–water partition coefficient (Wildman–Crippen LogP) is 2.63. The second-order valence-electron chi connectivity index (χ2n) is 6.36. The molecule has 0 saturated carbocycles. The summed E-state index contributed by atoms with van der Waals surface area (Å²) in [5, 5.41) is 3.01. The molecule has 0 aliphatic rings. The van der Waals surface area contributed by atoms with E-state index in [1.807, 2.05) is 0 Å². The van der Waals surface area contributed by atoms with E-state index in [4.69, 9.17) is 0 Å². The number of rotatable bonds is 7. The molecule has 0 spiro atoms. The smallest absolute Gasteiger partial charge is 0.264 e. The zero-order chi connectivity index (χ0) is 21.7. The molecule has 2 aromatic carbocycles. The van der Waals surface area contributed by atoms with Gasteiger partial charge in [0, 0.05) is 24.5 Å². The van der Waals surface area contributed by atoms with Crippen molar-refractivity contribution in [1.29, 1.82) is 0 Å². The van der Waals surface area contributed by atoms with E-state index in [0.717, 1.165) is 11.8 Å². The van der Waals surface area contributed by atoms with Gasteiger partial charge >= 0.3 is 0 Å². The lowest BCUT2D eigenvalue weighted by Crippen LogP contribution is -2.26. The quantitative estimate of drug-likeness (QED) is 0.428. The molecule has 0 saturated heterocycles. The Morgan fingerprint density at radius 2 is 1.87 bits per heavy atom. The SMILES string of the molecule is Cc1cc(=O)[nH]c(SCC(=O)Nc2cccc(S(=O)(=O)N(C)c3ccccc3)c2)n1. The Bertz CT molecular complexity index is 1210. The van der Waals surface area contributed by atoms with Gasteiger partial charge in [0.15, 0.2) is 5.16 Å².